The zero-order valence-electron chi connectivity index (χ0n) is 10.7. The van der Waals surface area contributed by atoms with Crippen molar-refractivity contribution >= 4 is 21.8 Å². The standard InChI is InChI=1S/C11H18N2O5S/c1-7-6-19(17,18)5-4-13(7)11(16)12-9(10(14)15)8-2-3-8/h7-9H,2-6H2,1H3,(H,12,16)(H,14,15). The molecule has 2 unspecified atom stereocenters. The number of carbonyl (C=O) groups is 2. The number of rotatable bonds is 3. The number of carboxylic acids is 1. The Kier molecular flexibility index (Phi) is 3.71. The van der Waals surface area contributed by atoms with Gasteiger partial charge in [-0.15, -0.1) is 0 Å². The number of urea groups is 1. The summed E-state index contributed by atoms with van der Waals surface area (Å²) in [5.74, 6) is -1.16. The van der Waals surface area contributed by atoms with Crippen LogP contribution in [0.15, 0.2) is 0 Å². The van der Waals surface area contributed by atoms with E-state index in [1.54, 1.807) is 6.92 Å². The van der Waals surface area contributed by atoms with Crippen LogP contribution in [0.3, 0.4) is 0 Å². The van der Waals surface area contributed by atoms with Crippen LogP contribution in [0, 0.1) is 5.92 Å². The zero-order chi connectivity index (χ0) is 14.2. The molecule has 1 aliphatic carbocycles. The van der Waals surface area contributed by atoms with Gasteiger partial charge in [0, 0.05) is 12.6 Å². The number of carbonyl (C=O) groups excluding carboxylic acids is 1. The van der Waals surface area contributed by atoms with E-state index in [1.165, 1.54) is 4.90 Å². The molecule has 108 valence electrons. The summed E-state index contributed by atoms with van der Waals surface area (Å²) >= 11 is 0. The minimum absolute atomic E-state index is 0.00489. The second kappa shape index (κ2) is 4.99. The molecule has 7 nitrogen and oxygen atoms in total. The second-order valence-corrected chi connectivity index (χ2v) is 7.49. The Hall–Kier alpha value is -1.31. The fourth-order valence-corrected chi connectivity index (χ4v) is 3.88. The first-order valence-electron chi connectivity index (χ1n) is 6.30. The summed E-state index contributed by atoms with van der Waals surface area (Å²) in [6, 6.07) is -1.77. The number of carboxylic acid groups (broad SMARTS) is 1. The molecule has 2 N–H and O–H groups in total. The van der Waals surface area contributed by atoms with E-state index in [0.717, 1.165) is 12.8 Å². The molecule has 0 spiro atoms. The van der Waals surface area contributed by atoms with Crippen molar-refractivity contribution in [1.82, 2.24) is 10.2 Å². The van der Waals surface area contributed by atoms with Gasteiger partial charge in [-0.05, 0) is 25.7 Å². The Morgan fingerprint density at radius 2 is 2.00 bits per heavy atom. The van der Waals surface area contributed by atoms with Crippen LogP contribution >= 0.6 is 0 Å². The molecule has 19 heavy (non-hydrogen) atoms. The number of amides is 2. The molecule has 0 aromatic carbocycles. The lowest BCUT2D eigenvalue weighted by atomic mass is 10.2. The molecular weight excluding hydrogens is 272 g/mol. The van der Waals surface area contributed by atoms with E-state index >= 15 is 0 Å². The van der Waals surface area contributed by atoms with Crippen LogP contribution in [0.5, 0.6) is 0 Å². The van der Waals surface area contributed by atoms with Gasteiger partial charge >= 0.3 is 12.0 Å². The predicted octanol–water partition coefficient (Wildman–Crippen LogP) is -0.322. The van der Waals surface area contributed by atoms with E-state index in [-0.39, 0.29) is 24.0 Å². The van der Waals surface area contributed by atoms with Crippen LogP contribution in [0.25, 0.3) is 0 Å². The molecule has 2 rings (SSSR count). The van der Waals surface area contributed by atoms with Crippen molar-refractivity contribution in [3.05, 3.63) is 0 Å². The fraction of sp³-hybridized carbons (Fsp3) is 0.818. The molecule has 1 aliphatic heterocycles. The van der Waals surface area contributed by atoms with Gasteiger partial charge in [0.1, 0.15) is 6.04 Å². The van der Waals surface area contributed by atoms with Crippen LogP contribution in [-0.2, 0) is 14.6 Å². The highest BCUT2D eigenvalue weighted by Crippen LogP contribution is 2.32. The van der Waals surface area contributed by atoms with E-state index in [0.29, 0.717) is 0 Å². The van der Waals surface area contributed by atoms with Gasteiger partial charge in [-0.3, -0.25) is 0 Å². The molecule has 2 atom stereocenters. The first-order chi connectivity index (χ1) is 8.80. The Balaban J connectivity index is 1.98. The average Bonchev–Trinajstić information content (AvgIpc) is 3.07. The van der Waals surface area contributed by atoms with Gasteiger partial charge in [0.05, 0.1) is 11.5 Å². The molecule has 1 saturated carbocycles. The molecule has 0 bridgehead atoms. The SMILES string of the molecule is CC1CS(=O)(=O)CCN1C(=O)NC(C(=O)O)C1CC1. The monoisotopic (exact) mass is 290 g/mol. The fourth-order valence-electron chi connectivity index (χ4n) is 2.33. The van der Waals surface area contributed by atoms with Crippen molar-refractivity contribution in [3.8, 4) is 0 Å². The summed E-state index contributed by atoms with van der Waals surface area (Å²) in [4.78, 5) is 24.5. The van der Waals surface area contributed by atoms with Gasteiger partial charge in [-0.1, -0.05) is 0 Å². The van der Waals surface area contributed by atoms with Crippen molar-refractivity contribution < 1.29 is 23.1 Å². The van der Waals surface area contributed by atoms with Crippen molar-refractivity contribution in [2.24, 2.45) is 5.92 Å². The molecule has 0 aromatic rings. The molecule has 2 aliphatic rings. The Morgan fingerprint density at radius 1 is 1.37 bits per heavy atom. The first kappa shape index (κ1) is 14.1. The number of sulfone groups is 1. The number of nitrogens with one attached hydrogen (secondary N) is 1. The normalized spacial score (nSPS) is 27.6. The molecule has 1 heterocycles. The average molecular weight is 290 g/mol. The highest BCUT2D eigenvalue weighted by Gasteiger charge is 2.39. The molecular formula is C11H18N2O5S. The smallest absolute Gasteiger partial charge is 0.326 e. The Labute approximate surface area is 111 Å². The van der Waals surface area contributed by atoms with E-state index in [4.69, 9.17) is 5.11 Å². The highest BCUT2D eigenvalue weighted by atomic mass is 32.2. The summed E-state index contributed by atoms with van der Waals surface area (Å²) in [5, 5.41) is 11.5. The number of aliphatic carboxylic acids is 1. The van der Waals surface area contributed by atoms with Gasteiger partial charge in [0.2, 0.25) is 0 Å². The van der Waals surface area contributed by atoms with Crippen LogP contribution in [0.4, 0.5) is 4.79 Å². The third kappa shape index (κ3) is 3.37. The van der Waals surface area contributed by atoms with Crippen molar-refractivity contribution in [2.45, 2.75) is 31.8 Å². The maximum atomic E-state index is 12.0. The second-order valence-electron chi connectivity index (χ2n) is 5.26. The molecule has 0 radical (unpaired) electrons. The van der Waals surface area contributed by atoms with E-state index in [1.807, 2.05) is 0 Å². The molecule has 2 fully saturated rings. The predicted molar refractivity (Wildman–Crippen MR) is 67.5 cm³/mol. The highest BCUT2D eigenvalue weighted by molar-refractivity contribution is 7.91. The largest absolute Gasteiger partial charge is 0.480 e. The maximum absolute atomic E-state index is 12.0. The van der Waals surface area contributed by atoms with Crippen LogP contribution in [0.1, 0.15) is 19.8 Å². The lowest BCUT2D eigenvalue weighted by molar-refractivity contribution is -0.139. The van der Waals surface area contributed by atoms with Crippen molar-refractivity contribution in [1.29, 1.82) is 0 Å². The van der Waals surface area contributed by atoms with Gasteiger partial charge in [0.25, 0.3) is 0 Å². The Morgan fingerprint density at radius 3 is 2.47 bits per heavy atom. The lowest BCUT2D eigenvalue weighted by Crippen LogP contribution is -2.56. The van der Waals surface area contributed by atoms with Gasteiger partial charge in [0.15, 0.2) is 9.84 Å². The molecule has 1 saturated heterocycles. The lowest BCUT2D eigenvalue weighted by Gasteiger charge is -2.34. The van der Waals surface area contributed by atoms with Crippen LogP contribution in [-0.4, -0.2) is 60.6 Å². The van der Waals surface area contributed by atoms with E-state index in [2.05, 4.69) is 5.32 Å². The number of nitrogens with zero attached hydrogens (tertiary/aromatic N) is 1. The number of hydrogen-bond donors (Lipinski definition) is 2. The van der Waals surface area contributed by atoms with Crippen molar-refractivity contribution in [3.63, 3.8) is 0 Å². The quantitative estimate of drug-likeness (QED) is 0.741. The minimum Gasteiger partial charge on any atom is -0.480 e. The topological polar surface area (TPSA) is 104 Å². The van der Waals surface area contributed by atoms with Gasteiger partial charge in [-0.25, -0.2) is 18.0 Å². The first-order valence-corrected chi connectivity index (χ1v) is 8.12. The summed E-state index contributed by atoms with van der Waals surface area (Å²) in [5.41, 5.74) is 0. The minimum atomic E-state index is -3.09. The summed E-state index contributed by atoms with van der Waals surface area (Å²) in [7, 11) is -3.09. The van der Waals surface area contributed by atoms with Crippen LogP contribution in [0.2, 0.25) is 0 Å². The van der Waals surface area contributed by atoms with Gasteiger partial charge in [-0.2, -0.15) is 0 Å². The third-order valence-corrected chi connectivity index (χ3v) is 5.36. The summed E-state index contributed by atoms with van der Waals surface area (Å²) in [6.45, 7) is 1.77. The molecule has 8 heteroatoms. The third-order valence-electron chi connectivity index (χ3n) is 3.57. The van der Waals surface area contributed by atoms with E-state index in [9.17, 15) is 18.0 Å². The summed E-state index contributed by atoms with van der Waals surface area (Å²) < 4.78 is 22.9. The maximum Gasteiger partial charge on any atom is 0.326 e. The number of hydrogen-bond acceptors (Lipinski definition) is 4. The van der Waals surface area contributed by atoms with Crippen molar-refractivity contribution in [2.75, 3.05) is 18.1 Å². The van der Waals surface area contributed by atoms with Gasteiger partial charge < -0.3 is 15.3 Å². The Bertz CT molecular complexity index is 485. The van der Waals surface area contributed by atoms with Crippen LogP contribution < -0.4 is 5.32 Å². The molecule has 0 aromatic heterocycles. The zero-order valence-corrected chi connectivity index (χ0v) is 11.5. The summed E-state index contributed by atoms with van der Waals surface area (Å²) in [6.07, 6.45) is 1.61. The van der Waals surface area contributed by atoms with E-state index < -0.39 is 33.9 Å². The molecule has 2 amide bonds.